The van der Waals surface area contributed by atoms with E-state index in [-0.39, 0.29) is 42.2 Å². The molecule has 0 aromatic carbocycles. The molecule has 2 N–H and O–H groups in total. The van der Waals surface area contributed by atoms with Gasteiger partial charge in [0.2, 0.25) is 11.8 Å². The van der Waals surface area contributed by atoms with Crippen molar-refractivity contribution in [2.24, 2.45) is 11.8 Å². The van der Waals surface area contributed by atoms with Gasteiger partial charge in [0, 0.05) is 24.9 Å². The molecule has 0 aliphatic carbocycles. The van der Waals surface area contributed by atoms with Gasteiger partial charge in [-0.1, -0.05) is 6.07 Å². The van der Waals surface area contributed by atoms with Crippen molar-refractivity contribution in [2.45, 2.75) is 44.3 Å². The van der Waals surface area contributed by atoms with Crippen molar-refractivity contribution in [3.63, 3.8) is 0 Å². The van der Waals surface area contributed by atoms with Crippen LogP contribution in [-0.2, 0) is 16.1 Å². The van der Waals surface area contributed by atoms with Crippen LogP contribution in [-0.4, -0.2) is 56.5 Å². The van der Waals surface area contributed by atoms with Gasteiger partial charge in [-0.15, -0.1) is 12.4 Å². The summed E-state index contributed by atoms with van der Waals surface area (Å²) in [6.45, 7) is 2.11. The quantitative estimate of drug-likeness (QED) is 0.787. The maximum absolute atomic E-state index is 13.2. The van der Waals surface area contributed by atoms with Gasteiger partial charge in [0.25, 0.3) is 0 Å². The number of hydrogen-bond acceptors (Lipinski definition) is 5. The van der Waals surface area contributed by atoms with E-state index in [9.17, 15) is 9.59 Å². The number of nitrogens with one attached hydrogen (secondary N) is 2. The van der Waals surface area contributed by atoms with E-state index in [4.69, 9.17) is 0 Å². The standard InChI is InChI=1S/C19H24N6O2.ClH/c26-17-6-2-4-15-12-7-13(9-20-8-12)18(24(15)17)19(27)21-10-14-3-1-5-16-22-11-23-25(14)16;/h1,3,5,11-13,15,18,20H,2,4,6-10H2,(H,21,27);1H/t12-,13+,15+,18-;/m1./s1. The monoisotopic (exact) mass is 404 g/mol. The molecule has 3 saturated heterocycles. The highest BCUT2D eigenvalue weighted by atomic mass is 35.5. The summed E-state index contributed by atoms with van der Waals surface area (Å²) in [6.07, 6.45) is 5.03. The molecule has 0 spiro atoms. The Morgan fingerprint density at radius 3 is 3.04 bits per heavy atom. The molecule has 2 aromatic heterocycles. The SMILES string of the molecule is Cl.O=C(NCc1cccc2ncnn12)[C@H]1[C@@H]2CNC[C@@H](C2)[C@@H]2CCCC(=O)N21. The second-order valence-electron chi connectivity index (χ2n) is 7.88. The van der Waals surface area contributed by atoms with E-state index in [2.05, 4.69) is 20.7 Å². The normalized spacial score (nSPS) is 29.1. The third-order valence-electron chi connectivity index (χ3n) is 6.34. The maximum atomic E-state index is 13.2. The lowest BCUT2D eigenvalue weighted by molar-refractivity contribution is -0.157. The number of fused-ring (bicyclic) bond motifs is 5. The first-order chi connectivity index (χ1) is 13.2. The van der Waals surface area contributed by atoms with E-state index in [0.29, 0.717) is 18.9 Å². The number of halogens is 1. The molecule has 3 aliphatic heterocycles. The average molecular weight is 405 g/mol. The van der Waals surface area contributed by atoms with Gasteiger partial charge < -0.3 is 15.5 Å². The van der Waals surface area contributed by atoms with E-state index in [1.165, 1.54) is 6.33 Å². The number of aromatic nitrogens is 3. The largest absolute Gasteiger partial charge is 0.349 e. The molecule has 9 heteroatoms. The molecule has 0 saturated carbocycles. The highest BCUT2D eigenvalue weighted by molar-refractivity contribution is 5.89. The predicted molar refractivity (Wildman–Crippen MR) is 105 cm³/mol. The Morgan fingerprint density at radius 1 is 1.29 bits per heavy atom. The van der Waals surface area contributed by atoms with Crippen LogP contribution in [0.2, 0.25) is 0 Å². The zero-order valence-electron chi connectivity index (χ0n) is 15.6. The van der Waals surface area contributed by atoms with Gasteiger partial charge in [-0.3, -0.25) is 9.59 Å². The van der Waals surface area contributed by atoms with Crippen molar-refractivity contribution in [2.75, 3.05) is 13.1 Å². The molecule has 4 atom stereocenters. The smallest absolute Gasteiger partial charge is 0.243 e. The third-order valence-corrected chi connectivity index (χ3v) is 6.34. The first-order valence-corrected chi connectivity index (χ1v) is 9.79. The Morgan fingerprint density at radius 2 is 2.14 bits per heavy atom. The van der Waals surface area contributed by atoms with Gasteiger partial charge in [-0.25, -0.2) is 9.50 Å². The fourth-order valence-electron chi connectivity index (χ4n) is 5.17. The lowest BCUT2D eigenvalue weighted by atomic mass is 9.72. The summed E-state index contributed by atoms with van der Waals surface area (Å²) in [6, 6.07) is 5.54. The van der Waals surface area contributed by atoms with Crippen LogP contribution in [0.3, 0.4) is 0 Å². The molecule has 3 fully saturated rings. The lowest BCUT2D eigenvalue weighted by Crippen LogP contribution is -2.67. The van der Waals surface area contributed by atoms with Crippen LogP contribution in [0, 0.1) is 11.8 Å². The summed E-state index contributed by atoms with van der Waals surface area (Å²) >= 11 is 0. The van der Waals surface area contributed by atoms with E-state index in [1.807, 2.05) is 23.1 Å². The minimum absolute atomic E-state index is 0. The first kappa shape index (κ1) is 19.1. The van der Waals surface area contributed by atoms with Crippen molar-refractivity contribution >= 4 is 29.9 Å². The average Bonchev–Trinajstić information content (AvgIpc) is 3.17. The summed E-state index contributed by atoms with van der Waals surface area (Å²) in [5, 5.41) is 10.7. The van der Waals surface area contributed by atoms with Crippen molar-refractivity contribution < 1.29 is 9.59 Å². The third kappa shape index (κ3) is 3.14. The molecule has 5 heterocycles. The number of carbonyl (C=O) groups excluding carboxylic acids is 2. The highest BCUT2D eigenvalue weighted by Crippen LogP contribution is 2.39. The van der Waals surface area contributed by atoms with Crippen LogP contribution in [0.25, 0.3) is 5.65 Å². The molecule has 0 radical (unpaired) electrons. The van der Waals surface area contributed by atoms with Gasteiger partial charge in [0.05, 0.1) is 12.2 Å². The van der Waals surface area contributed by atoms with Crippen molar-refractivity contribution in [3.05, 3.63) is 30.2 Å². The van der Waals surface area contributed by atoms with Crippen LogP contribution >= 0.6 is 12.4 Å². The Hall–Kier alpha value is -2.19. The van der Waals surface area contributed by atoms with Crippen LogP contribution in [0.5, 0.6) is 0 Å². The van der Waals surface area contributed by atoms with Gasteiger partial charge in [0.15, 0.2) is 5.65 Å². The Balaban J connectivity index is 0.00000192. The van der Waals surface area contributed by atoms with Crippen LogP contribution in [0.1, 0.15) is 31.4 Å². The van der Waals surface area contributed by atoms with Crippen LogP contribution < -0.4 is 10.6 Å². The summed E-state index contributed by atoms with van der Waals surface area (Å²) < 4.78 is 1.73. The molecular formula is C19H25ClN6O2. The summed E-state index contributed by atoms with van der Waals surface area (Å²) in [7, 11) is 0. The lowest BCUT2D eigenvalue weighted by Gasteiger charge is -2.53. The molecule has 28 heavy (non-hydrogen) atoms. The highest BCUT2D eigenvalue weighted by Gasteiger charge is 2.50. The molecule has 2 aromatic rings. The number of piperidine rings is 3. The molecular weight excluding hydrogens is 380 g/mol. The number of nitrogens with zero attached hydrogens (tertiary/aromatic N) is 4. The van der Waals surface area contributed by atoms with Crippen LogP contribution in [0.4, 0.5) is 0 Å². The Kier molecular flexibility index (Phi) is 5.25. The second kappa shape index (κ2) is 7.67. The molecule has 0 unspecified atom stereocenters. The zero-order valence-corrected chi connectivity index (χ0v) is 16.4. The zero-order chi connectivity index (χ0) is 18.4. The molecule has 150 valence electrons. The van der Waals surface area contributed by atoms with Gasteiger partial charge in [-0.2, -0.15) is 5.10 Å². The summed E-state index contributed by atoms with van der Waals surface area (Å²) in [5.74, 6) is 0.742. The molecule has 2 bridgehead atoms. The number of carbonyl (C=O) groups is 2. The van der Waals surface area contributed by atoms with Crippen molar-refractivity contribution in [3.8, 4) is 0 Å². The molecule has 8 nitrogen and oxygen atoms in total. The van der Waals surface area contributed by atoms with Crippen molar-refractivity contribution in [1.82, 2.24) is 30.1 Å². The van der Waals surface area contributed by atoms with Crippen molar-refractivity contribution in [1.29, 1.82) is 0 Å². The van der Waals surface area contributed by atoms with Gasteiger partial charge >= 0.3 is 0 Å². The topological polar surface area (TPSA) is 91.6 Å². The minimum Gasteiger partial charge on any atom is -0.349 e. The predicted octanol–water partition coefficient (Wildman–Crippen LogP) is 0.756. The number of hydrogen-bond donors (Lipinski definition) is 2. The summed E-state index contributed by atoms with van der Waals surface area (Å²) in [5.41, 5.74) is 1.63. The fourth-order valence-corrected chi connectivity index (χ4v) is 5.17. The van der Waals surface area contributed by atoms with E-state index >= 15 is 0 Å². The second-order valence-corrected chi connectivity index (χ2v) is 7.88. The van der Waals surface area contributed by atoms with E-state index < -0.39 is 0 Å². The minimum atomic E-state index is -0.373. The Labute approximate surface area is 169 Å². The number of pyridine rings is 1. The summed E-state index contributed by atoms with van der Waals surface area (Å²) in [4.78, 5) is 32.0. The number of amides is 2. The van der Waals surface area contributed by atoms with E-state index in [1.54, 1.807) is 4.52 Å². The number of rotatable bonds is 3. The Bertz CT molecular complexity index is 886. The van der Waals surface area contributed by atoms with Gasteiger partial charge in [0.1, 0.15) is 12.4 Å². The molecule has 2 amide bonds. The van der Waals surface area contributed by atoms with Gasteiger partial charge in [-0.05, 0) is 43.9 Å². The fraction of sp³-hybridized carbons (Fsp3) is 0.579. The van der Waals surface area contributed by atoms with Crippen LogP contribution in [0.15, 0.2) is 24.5 Å². The molecule has 5 rings (SSSR count). The maximum Gasteiger partial charge on any atom is 0.243 e. The molecule has 3 aliphatic rings. The van der Waals surface area contributed by atoms with E-state index in [0.717, 1.165) is 43.7 Å². The first-order valence-electron chi connectivity index (χ1n) is 9.79.